The molecule has 0 aromatic carbocycles. The molecule has 76 valence electrons. The van der Waals surface area contributed by atoms with Crippen LogP contribution >= 0.6 is 0 Å². The first-order chi connectivity index (χ1) is 6.18. The minimum Gasteiger partial charge on any atom is -0.326 e. The molecule has 3 atom stereocenters. The number of nitrogens with two attached hydrogens (primary N) is 1. The monoisotopic (exact) mass is 182 g/mol. The van der Waals surface area contributed by atoms with E-state index < -0.39 is 0 Å². The fraction of sp³-hybridized carbons (Fsp3) is 1.00. The molecule has 0 radical (unpaired) electrons. The molecular formula is C11H22N2. The zero-order valence-corrected chi connectivity index (χ0v) is 8.87. The highest BCUT2D eigenvalue weighted by Gasteiger charge is 2.34. The van der Waals surface area contributed by atoms with Crippen molar-refractivity contribution in [2.45, 2.75) is 45.2 Å². The van der Waals surface area contributed by atoms with Gasteiger partial charge >= 0.3 is 0 Å². The molecule has 0 aromatic heterocycles. The van der Waals surface area contributed by atoms with Gasteiger partial charge in [0.2, 0.25) is 0 Å². The third kappa shape index (κ3) is 2.05. The Hall–Kier alpha value is -0.0800. The Labute approximate surface area is 81.5 Å². The van der Waals surface area contributed by atoms with Gasteiger partial charge in [-0.3, -0.25) is 4.90 Å². The highest BCUT2D eigenvalue weighted by molar-refractivity contribution is 4.90. The Balaban J connectivity index is 1.86. The minimum absolute atomic E-state index is 0.412. The van der Waals surface area contributed by atoms with Crippen LogP contribution in [-0.4, -0.2) is 30.1 Å². The first-order valence-electron chi connectivity index (χ1n) is 5.68. The average molecular weight is 182 g/mol. The van der Waals surface area contributed by atoms with Crippen LogP contribution in [0.2, 0.25) is 0 Å². The van der Waals surface area contributed by atoms with Gasteiger partial charge in [-0.2, -0.15) is 0 Å². The fourth-order valence-electron chi connectivity index (χ4n) is 2.37. The maximum atomic E-state index is 6.09. The summed E-state index contributed by atoms with van der Waals surface area (Å²) < 4.78 is 0. The highest BCUT2D eigenvalue weighted by atomic mass is 15.2. The number of hydrogen-bond donors (Lipinski definition) is 1. The van der Waals surface area contributed by atoms with Crippen LogP contribution < -0.4 is 5.73 Å². The first kappa shape index (κ1) is 9.47. The van der Waals surface area contributed by atoms with Crippen molar-refractivity contribution >= 4 is 0 Å². The summed E-state index contributed by atoms with van der Waals surface area (Å²) in [6.07, 6.45) is 4.18. The third-order valence-electron chi connectivity index (χ3n) is 3.93. The van der Waals surface area contributed by atoms with E-state index in [1.807, 2.05) is 0 Å². The molecule has 0 aromatic rings. The SMILES string of the molecule is CC1CCN(C(C)C2CC2)CC1N. The molecule has 2 N–H and O–H groups in total. The number of likely N-dealkylation sites (tertiary alicyclic amines) is 1. The fourth-order valence-corrected chi connectivity index (χ4v) is 2.37. The van der Waals surface area contributed by atoms with Crippen LogP contribution in [0.25, 0.3) is 0 Å². The number of hydrogen-bond acceptors (Lipinski definition) is 2. The summed E-state index contributed by atoms with van der Waals surface area (Å²) in [5, 5.41) is 0. The molecule has 1 saturated heterocycles. The van der Waals surface area contributed by atoms with Crippen molar-refractivity contribution in [3.63, 3.8) is 0 Å². The second kappa shape index (κ2) is 3.58. The molecule has 2 aliphatic rings. The largest absolute Gasteiger partial charge is 0.326 e. The average Bonchev–Trinajstić information content (AvgIpc) is 2.91. The van der Waals surface area contributed by atoms with Gasteiger partial charge in [0.25, 0.3) is 0 Å². The molecule has 13 heavy (non-hydrogen) atoms. The van der Waals surface area contributed by atoms with E-state index in [-0.39, 0.29) is 0 Å². The van der Waals surface area contributed by atoms with Crippen LogP contribution in [0.15, 0.2) is 0 Å². The van der Waals surface area contributed by atoms with Crippen LogP contribution in [0, 0.1) is 11.8 Å². The van der Waals surface area contributed by atoms with Gasteiger partial charge in [-0.15, -0.1) is 0 Å². The molecular weight excluding hydrogens is 160 g/mol. The van der Waals surface area contributed by atoms with Crippen LogP contribution in [0.1, 0.15) is 33.1 Å². The number of rotatable bonds is 2. The molecule has 0 amide bonds. The minimum atomic E-state index is 0.412. The zero-order chi connectivity index (χ0) is 9.42. The van der Waals surface area contributed by atoms with Gasteiger partial charge in [-0.05, 0) is 44.6 Å². The molecule has 2 heteroatoms. The van der Waals surface area contributed by atoms with E-state index in [9.17, 15) is 0 Å². The molecule has 3 unspecified atom stereocenters. The van der Waals surface area contributed by atoms with Gasteiger partial charge in [0, 0.05) is 18.6 Å². The summed E-state index contributed by atoms with van der Waals surface area (Å²) in [4.78, 5) is 2.60. The second-order valence-electron chi connectivity index (χ2n) is 5.00. The normalized spacial score (nSPS) is 39.0. The molecule has 1 heterocycles. The topological polar surface area (TPSA) is 29.3 Å². The predicted molar refractivity (Wildman–Crippen MR) is 55.5 cm³/mol. The Bertz CT molecular complexity index is 177. The quantitative estimate of drug-likeness (QED) is 0.700. The molecule has 0 bridgehead atoms. The molecule has 1 aliphatic heterocycles. The van der Waals surface area contributed by atoms with Gasteiger partial charge in [0.1, 0.15) is 0 Å². The van der Waals surface area contributed by atoms with Gasteiger partial charge in [0.15, 0.2) is 0 Å². The molecule has 2 fully saturated rings. The van der Waals surface area contributed by atoms with Crippen molar-refractivity contribution < 1.29 is 0 Å². The molecule has 1 aliphatic carbocycles. The maximum absolute atomic E-state index is 6.09. The first-order valence-corrected chi connectivity index (χ1v) is 5.68. The Morgan fingerprint density at radius 3 is 2.54 bits per heavy atom. The van der Waals surface area contributed by atoms with E-state index in [0.717, 1.165) is 24.4 Å². The van der Waals surface area contributed by atoms with E-state index in [0.29, 0.717) is 6.04 Å². The summed E-state index contributed by atoms with van der Waals surface area (Å²) in [7, 11) is 0. The van der Waals surface area contributed by atoms with E-state index >= 15 is 0 Å². The maximum Gasteiger partial charge on any atom is 0.0194 e. The summed E-state index contributed by atoms with van der Waals surface area (Å²) >= 11 is 0. The lowest BCUT2D eigenvalue weighted by molar-refractivity contribution is 0.117. The predicted octanol–water partition coefficient (Wildman–Crippen LogP) is 1.45. The Kier molecular flexibility index (Phi) is 2.61. The summed E-state index contributed by atoms with van der Waals surface area (Å²) in [6.45, 7) is 7.05. The van der Waals surface area contributed by atoms with Gasteiger partial charge in [0.05, 0.1) is 0 Å². The zero-order valence-electron chi connectivity index (χ0n) is 8.87. The Morgan fingerprint density at radius 1 is 1.31 bits per heavy atom. The van der Waals surface area contributed by atoms with E-state index in [4.69, 9.17) is 5.73 Å². The molecule has 2 nitrogen and oxygen atoms in total. The third-order valence-corrected chi connectivity index (χ3v) is 3.93. The standard InChI is InChI=1S/C11H22N2/c1-8-5-6-13(7-11(8)12)9(2)10-3-4-10/h8-11H,3-7,12H2,1-2H3. The van der Waals surface area contributed by atoms with Crippen LogP contribution in [-0.2, 0) is 0 Å². The highest BCUT2D eigenvalue weighted by Crippen LogP contribution is 2.36. The molecule has 2 rings (SSSR count). The van der Waals surface area contributed by atoms with Crippen molar-refractivity contribution in [3.8, 4) is 0 Å². The van der Waals surface area contributed by atoms with Crippen molar-refractivity contribution in [3.05, 3.63) is 0 Å². The van der Waals surface area contributed by atoms with E-state index in [2.05, 4.69) is 18.7 Å². The number of piperidine rings is 1. The van der Waals surface area contributed by atoms with Gasteiger partial charge < -0.3 is 5.73 Å². The lowest BCUT2D eigenvalue weighted by Gasteiger charge is -2.38. The van der Waals surface area contributed by atoms with Crippen molar-refractivity contribution in [1.29, 1.82) is 0 Å². The summed E-state index contributed by atoms with van der Waals surface area (Å²) in [6, 6.07) is 1.20. The van der Waals surface area contributed by atoms with Crippen molar-refractivity contribution in [2.75, 3.05) is 13.1 Å². The summed E-state index contributed by atoms with van der Waals surface area (Å²) in [5.41, 5.74) is 6.09. The van der Waals surface area contributed by atoms with Crippen molar-refractivity contribution in [2.24, 2.45) is 17.6 Å². The van der Waals surface area contributed by atoms with Gasteiger partial charge in [-0.1, -0.05) is 6.92 Å². The molecule has 0 spiro atoms. The lowest BCUT2D eigenvalue weighted by Crippen LogP contribution is -2.51. The molecule has 1 saturated carbocycles. The Morgan fingerprint density at radius 2 is 2.00 bits per heavy atom. The van der Waals surface area contributed by atoms with E-state index in [1.54, 1.807) is 0 Å². The van der Waals surface area contributed by atoms with Gasteiger partial charge in [-0.25, -0.2) is 0 Å². The van der Waals surface area contributed by atoms with Crippen LogP contribution in [0.5, 0.6) is 0 Å². The van der Waals surface area contributed by atoms with Crippen LogP contribution in [0.3, 0.4) is 0 Å². The van der Waals surface area contributed by atoms with Crippen LogP contribution in [0.4, 0.5) is 0 Å². The van der Waals surface area contributed by atoms with Crippen molar-refractivity contribution in [1.82, 2.24) is 4.90 Å². The smallest absolute Gasteiger partial charge is 0.0194 e. The number of nitrogens with zero attached hydrogens (tertiary/aromatic N) is 1. The lowest BCUT2D eigenvalue weighted by atomic mass is 9.93. The second-order valence-corrected chi connectivity index (χ2v) is 5.00. The van der Waals surface area contributed by atoms with E-state index in [1.165, 1.54) is 25.8 Å². The summed E-state index contributed by atoms with van der Waals surface area (Å²) in [5.74, 6) is 1.71.